The molecule has 0 bridgehead atoms. The van der Waals surface area contributed by atoms with Crippen LogP contribution in [0.3, 0.4) is 0 Å². The number of nitrogens with zero attached hydrogens (tertiary/aromatic N) is 2. The summed E-state index contributed by atoms with van der Waals surface area (Å²) in [5, 5.41) is 3.59. The maximum Gasteiger partial charge on any atom is 0.181 e. The highest BCUT2D eigenvalue weighted by Crippen LogP contribution is 2.27. The summed E-state index contributed by atoms with van der Waals surface area (Å²) in [5.41, 5.74) is 1.09. The van der Waals surface area contributed by atoms with Crippen molar-refractivity contribution in [3.63, 3.8) is 0 Å². The molecule has 0 amide bonds. The number of rotatable bonds is 1. The molecule has 0 unspecified atom stereocenters. The van der Waals surface area contributed by atoms with Crippen LogP contribution in [0.1, 0.15) is 5.56 Å². The monoisotopic (exact) mass is 216 g/mol. The average Bonchev–Trinajstić information content (AvgIpc) is 2.82. The van der Waals surface area contributed by atoms with Gasteiger partial charge in [0.25, 0.3) is 0 Å². The van der Waals surface area contributed by atoms with E-state index in [2.05, 4.69) is 4.37 Å². The number of para-hydroxylation sites is 1. The van der Waals surface area contributed by atoms with Crippen molar-refractivity contribution in [2.45, 2.75) is 0 Å². The van der Waals surface area contributed by atoms with Gasteiger partial charge in [-0.2, -0.15) is 9.44 Å². The first-order valence-electron chi connectivity index (χ1n) is 4.58. The van der Waals surface area contributed by atoms with Gasteiger partial charge in [0.2, 0.25) is 0 Å². The molecule has 3 nitrogen and oxygen atoms in total. The fourth-order valence-electron chi connectivity index (χ4n) is 1.43. The number of hydrogen-bond acceptors (Lipinski definition) is 4. The molecule has 2 aromatic rings. The maximum absolute atomic E-state index is 5.67. The Labute approximate surface area is 91.4 Å². The summed E-state index contributed by atoms with van der Waals surface area (Å²) >= 11 is 1.41. The highest BCUT2D eigenvalue weighted by molar-refractivity contribution is 7.03. The topological polar surface area (TPSA) is 25.4 Å². The summed E-state index contributed by atoms with van der Waals surface area (Å²) in [6.07, 6.45) is 3.88. The first-order chi connectivity index (χ1) is 7.43. The molecule has 0 aliphatic carbocycles. The zero-order chi connectivity index (χ0) is 10.1. The highest BCUT2D eigenvalue weighted by atomic mass is 32.1. The predicted octanol–water partition coefficient (Wildman–Crippen LogP) is 2.93. The lowest BCUT2D eigenvalue weighted by molar-refractivity contribution is 0.312. The molecule has 2 heterocycles. The molecule has 1 aromatic carbocycles. The van der Waals surface area contributed by atoms with Gasteiger partial charge in [-0.1, -0.05) is 18.2 Å². The molecule has 0 N–H and O–H groups in total. The van der Waals surface area contributed by atoms with Crippen LogP contribution in [0.5, 0.6) is 5.75 Å². The van der Waals surface area contributed by atoms with Crippen molar-refractivity contribution in [1.29, 1.82) is 0 Å². The minimum absolute atomic E-state index is 0.811. The van der Waals surface area contributed by atoms with Gasteiger partial charge in [0, 0.05) is 17.1 Å². The molecule has 0 radical (unpaired) electrons. The van der Waals surface area contributed by atoms with Gasteiger partial charge in [0.05, 0.1) is 0 Å². The summed E-state index contributed by atoms with van der Waals surface area (Å²) in [5.74, 6) is 1.67. The zero-order valence-corrected chi connectivity index (χ0v) is 8.65. The standard InChI is InChI=1S/C11H8N2OS/c1-2-4-10-9(3-1)5-7-13(14-10)11-6-8-15-12-11/h1-8H. The molecular formula is C11H8N2OS. The Balaban J connectivity index is 1.96. The molecular weight excluding hydrogens is 208 g/mol. The van der Waals surface area contributed by atoms with Crippen LogP contribution in [-0.2, 0) is 0 Å². The summed E-state index contributed by atoms with van der Waals surface area (Å²) < 4.78 is 4.20. The van der Waals surface area contributed by atoms with Crippen molar-refractivity contribution in [3.05, 3.63) is 47.5 Å². The fraction of sp³-hybridized carbons (Fsp3) is 0. The van der Waals surface area contributed by atoms with E-state index in [1.165, 1.54) is 11.5 Å². The second-order valence-electron chi connectivity index (χ2n) is 3.13. The number of hydroxylamine groups is 1. The van der Waals surface area contributed by atoms with E-state index in [0.717, 1.165) is 17.1 Å². The second-order valence-corrected chi connectivity index (χ2v) is 3.79. The Hall–Kier alpha value is -1.81. The largest absolute Gasteiger partial charge is 0.373 e. The molecule has 0 spiro atoms. The van der Waals surface area contributed by atoms with Crippen molar-refractivity contribution in [3.8, 4) is 5.75 Å². The molecule has 1 aromatic heterocycles. The number of aromatic nitrogens is 1. The Kier molecular flexibility index (Phi) is 1.93. The van der Waals surface area contributed by atoms with Gasteiger partial charge >= 0.3 is 0 Å². The maximum atomic E-state index is 5.67. The van der Waals surface area contributed by atoms with Gasteiger partial charge in [0.15, 0.2) is 11.6 Å². The quantitative estimate of drug-likeness (QED) is 0.732. The molecule has 0 atom stereocenters. The van der Waals surface area contributed by atoms with E-state index in [-0.39, 0.29) is 0 Å². The van der Waals surface area contributed by atoms with Crippen LogP contribution in [0.25, 0.3) is 6.08 Å². The molecule has 4 heteroatoms. The molecule has 0 saturated carbocycles. The van der Waals surface area contributed by atoms with E-state index in [1.54, 1.807) is 5.06 Å². The van der Waals surface area contributed by atoms with Gasteiger partial charge in [-0.05, 0) is 29.7 Å². The molecule has 3 rings (SSSR count). The zero-order valence-electron chi connectivity index (χ0n) is 7.83. The van der Waals surface area contributed by atoms with Crippen molar-refractivity contribution in [2.24, 2.45) is 0 Å². The smallest absolute Gasteiger partial charge is 0.181 e. The number of fused-ring (bicyclic) bond motifs is 1. The van der Waals surface area contributed by atoms with Gasteiger partial charge in [-0.3, -0.25) is 0 Å². The lowest BCUT2D eigenvalue weighted by atomic mass is 10.2. The lowest BCUT2D eigenvalue weighted by Gasteiger charge is -2.22. The van der Waals surface area contributed by atoms with Crippen LogP contribution in [0.4, 0.5) is 5.82 Å². The minimum atomic E-state index is 0.811. The van der Waals surface area contributed by atoms with Gasteiger partial charge in [-0.25, -0.2) is 0 Å². The van der Waals surface area contributed by atoms with Crippen LogP contribution in [0.2, 0.25) is 0 Å². The summed E-state index contributed by atoms with van der Waals surface area (Å²) in [6.45, 7) is 0. The van der Waals surface area contributed by atoms with Crippen LogP contribution < -0.4 is 9.90 Å². The molecule has 74 valence electrons. The Bertz CT molecular complexity index is 493. The van der Waals surface area contributed by atoms with Crippen molar-refractivity contribution >= 4 is 23.4 Å². The molecule has 0 saturated heterocycles. The Morgan fingerprint density at radius 3 is 3.00 bits per heavy atom. The van der Waals surface area contributed by atoms with E-state index < -0.39 is 0 Å². The predicted molar refractivity (Wildman–Crippen MR) is 60.7 cm³/mol. The van der Waals surface area contributed by atoms with Crippen LogP contribution in [0, 0.1) is 0 Å². The van der Waals surface area contributed by atoms with Crippen LogP contribution in [-0.4, -0.2) is 4.37 Å². The lowest BCUT2D eigenvalue weighted by Crippen LogP contribution is -2.23. The number of hydrogen-bond donors (Lipinski definition) is 0. The molecule has 1 aliphatic rings. The molecule has 0 fully saturated rings. The first kappa shape index (κ1) is 8.49. The minimum Gasteiger partial charge on any atom is -0.373 e. The molecule has 1 aliphatic heterocycles. The third kappa shape index (κ3) is 1.49. The Morgan fingerprint density at radius 2 is 2.13 bits per heavy atom. The van der Waals surface area contributed by atoms with Crippen molar-refractivity contribution in [2.75, 3.05) is 5.06 Å². The third-order valence-electron chi connectivity index (χ3n) is 2.16. The van der Waals surface area contributed by atoms with Crippen molar-refractivity contribution in [1.82, 2.24) is 4.37 Å². The highest BCUT2D eigenvalue weighted by Gasteiger charge is 2.13. The van der Waals surface area contributed by atoms with Gasteiger partial charge in [-0.15, -0.1) is 0 Å². The van der Waals surface area contributed by atoms with E-state index in [0.29, 0.717) is 0 Å². The second kappa shape index (κ2) is 3.40. The number of benzene rings is 1. The van der Waals surface area contributed by atoms with Crippen LogP contribution >= 0.6 is 11.5 Å². The number of anilines is 1. The molecule has 15 heavy (non-hydrogen) atoms. The van der Waals surface area contributed by atoms with Gasteiger partial charge in [0.1, 0.15) is 0 Å². The third-order valence-corrected chi connectivity index (χ3v) is 2.71. The average molecular weight is 216 g/mol. The van der Waals surface area contributed by atoms with E-state index in [1.807, 2.05) is 48.0 Å². The van der Waals surface area contributed by atoms with Gasteiger partial charge < -0.3 is 4.84 Å². The van der Waals surface area contributed by atoms with E-state index in [4.69, 9.17) is 4.84 Å². The van der Waals surface area contributed by atoms with Crippen LogP contribution in [0.15, 0.2) is 41.9 Å². The van der Waals surface area contributed by atoms with E-state index in [9.17, 15) is 0 Å². The Morgan fingerprint density at radius 1 is 1.20 bits per heavy atom. The summed E-state index contributed by atoms with van der Waals surface area (Å²) in [6, 6.07) is 9.83. The van der Waals surface area contributed by atoms with E-state index >= 15 is 0 Å². The fourth-order valence-corrected chi connectivity index (χ4v) is 1.92. The van der Waals surface area contributed by atoms with Crippen molar-refractivity contribution < 1.29 is 4.84 Å². The first-order valence-corrected chi connectivity index (χ1v) is 5.42. The summed E-state index contributed by atoms with van der Waals surface area (Å²) in [4.78, 5) is 5.67. The summed E-state index contributed by atoms with van der Waals surface area (Å²) in [7, 11) is 0. The SMILES string of the molecule is C1=CN(c2ccsn2)Oc2ccccc21. The normalized spacial score (nSPS) is 13.5.